The van der Waals surface area contributed by atoms with E-state index in [4.69, 9.17) is 5.11 Å². The van der Waals surface area contributed by atoms with Crippen LogP contribution >= 0.6 is 11.8 Å². The Morgan fingerprint density at radius 2 is 2.27 bits per heavy atom. The van der Waals surface area contributed by atoms with E-state index < -0.39 is 5.97 Å². The van der Waals surface area contributed by atoms with E-state index in [1.165, 1.54) is 4.90 Å². The van der Waals surface area contributed by atoms with Crippen molar-refractivity contribution in [2.45, 2.75) is 13.8 Å². The van der Waals surface area contributed by atoms with Gasteiger partial charge in [0.15, 0.2) is 5.17 Å². The zero-order chi connectivity index (χ0) is 11.4. The minimum atomic E-state index is -1.11. The molecule has 0 radical (unpaired) electrons. The van der Waals surface area contributed by atoms with Crippen LogP contribution in [0.4, 0.5) is 0 Å². The Morgan fingerprint density at radius 3 is 2.73 bits per heavy atom. The Morgan fingerprint density at radius 1 is 1.60 bits per heavy atom. The van der Waals surface area contributed by atoms with Gasteiger partial charge in [-0.25, -0.2) is 4.79 Å². The molecule has 0 aliphatic carbocycles. The Kier molecular flexibility index (Phi) is 3.90. The topological polar surface area (TPSA) is 70.0 Å². The van der Waals surface area contributed by atoms with E-state index in [-0.39, 0.29) is 10.8 Å². The lowest BCUT2D eigenvalue weighted by Gasteiger charge is -2.11. The fraction of sp³-hybridized carbons (Fsp3) is 0.444. The number of carboxylic acids is 1. The molecule has 1 rings (SSSR count). The van der Waals surface area contributed by atoms with Crippen LogP contribution < -0.4 is 0 Å². The minimum Gasteiger partial charge on any atom is -0.478 e. The third kappa shape index (κ3) is 2.59. The van der Waals surface area contributed by atoms with Gasteiger partial charge in [0.25, 0.3) is 5.91 Å². The van der Waals surface area contributed by atoms with E-state index in [1.807, 2.05) is 13.8 Å². The fourth-order valence-corrected chi connectivity index (χ4v) is 2.22. The first kappa shape index (κ1) is 11.8. The predicted octanol–water partition coefficient (Wildman–Crippen LogP) is 0.926. The summed E-state index contributed by atoms with van der Waals surface area (Å²) in [6.45, 7) is 4.77. The number of aliphatic carboxylic acids is 1. The first-order valence-electron chi connectivity index (χ1n) is 4.58. The summed E-state index contributed by atoms with van der Waals surface area (Å²) in [5.41, 5.74) is 0. The van der Waals surface area contributed by atoms with Gasteiger partial charge in [-0.3, -0.25) is 14.7 Å². The van der Waals surface area contributed by atoms with E-state index in [9.17, 15) is 9.59 Å². The van der Waals surface area contributed by atoms with Crippen LogP contribution in [-0.2, 0) is 9.59 Å². The lowest BCUT2D eigenvalue weighted by Crippen LogP contribution is -2.28. The lowest BCUT2D eigenvalue weighted by molar-refractivity contribution is -0.132. The summed E-state index contributed by atoms with van der Waals surface area (Å²) in [5, 5.41) is 9.15. The van der Waals surface area contributed by atoms with Crippen molar-refractivity contribution in [3.8, 4) is 0 Å². The second kappa shape index (κ2) is 4.97. The SMILES string of the molecule is CCN=C1SC(=CC(=O)O)C(=O)N1CC. The van der Waals surface area contributed by atoms with Crippen molar-refractivity contribution in [3.05, 3.63) is 11.0 Å². The highest BCUT2D eigenvalue weighted by Gasteiger charge is 2.32. The summed E-state index contributed by atoms with van der Waals surface area (Å²) in [6, 6.07) is 0. The van der Waals surface area contributed by atoms with Crippen LogP contribution in [0.5, 0.6) is 0 Å². The highest BCUT2D eigenvalue weighted by atomic mass is 32.2. The standard InChI is InChI=1S/C9H12N2O3S/c1-3-10-9-11(4-2)8(14)6(15-9)5-7(12)13/h5H,3-4H2,1-2H3,(H,12,13). The average molecular weight is 228 g/mol. The molecular weight excluding hydrogens is 216 g/mol. The van der Waals surface area contributed by atoms with Gasteiger partial charge in [-0.2, -0.15) is 0 Å². The summed E-state index contributed by atoms with van der Waals surface area (Å²) in [4.78, 5) is 27.9. The molecule has 0 spiro atoms. The second-order valence-electron chi connectivity index (χ2n) is 2.76. The largest absolute Gasteiger partial charge is 0.478 e. The van der Waals surface area contributed by atoms with Gasteiger partial charge in [0.1, 0.15) is 0 Å². The van der Waals surface area contributed by atoms with Crippen LogP contribution in [0.25, 0.3) is 0 Å². The van der Waals surface area contributed by atoms with E-state index in [1.54, 1.807) is 0 Å². The van der Waals surface area contributed by atoms with Crippen molar-refractivity contribution in [3.63, 3.8) is 0 Å². The zero-order valence-corrected chi connectivity index (χ0v) is 9.37. The van der Waals surface area contributed by atoms with Gasteiger partial charge in [0.2, 0.25) is 0 Å². The number of carboxylic acid groups (broad SMARTS) is 1. The second-order valence-corrected chi connectivity index (χ2v) is 3.76. The number of carbonyl (C=O) groups excluding carboxylic acids is 1. The van der Waals surface area contributed by atoms with Crippen LogP contribution in [0.1, 0.15) is 13.8 Å². The van der Waals surface area contributed by atoms with Crippen LogP contribution in [0.2, 0.25) is 0 Å². The molecule has 1 aliphatic rings. The van der Waals surface area contributed by atoms with Crippen molar-refractivity contribution < 1.29 is 14.7 Å². The molecule has 0 bridgehead atoms. The van der Waals surface area contributed by atoms with Gasteiger partial charge in [-0.05, 0) is 25.6 Å². The molecule has 1 N–H and O–H groups in total. The van der Waals surface area contributed by atoms with E-state index in [0.29, 0.717) is 18.3 Å². The zero-order valence-electron chi connectivity index (χ0n) is 8.56. The van der Waals surface area contributed by atoms with Crippen molar-refractivity contribution >= 4 is 28.8 Å². The number of nitrogens with zero attached hydrogens (tertiary/aromatic N) is 2. The third-order valence-corrected chi connectivity index (χ3v) is 2.80. The summed E-state index contributed by atoms with van der Waals surface area (Å²) in [7, 11) is 0. The molecule has 0 unspecified atom stereocenters. The molecule has 0 saturated carbocycles. The van der Waals surface area contributed by atoms with Gasteiger partial charge in [-0.1, -0.05) is 0 Å². The maximum atomic E-state index is 11.6. The molecule has 1 aliphatic heterocycles. The molecule has 6 heteroatoms. The Bertz CT molecular complexity index is 349. The Balaban J connectivity index is 2.97. The maximum absolute atomic E-state index is 11.6. The molecule has 0 aromatic carbocycles. The molecule has 82 valence electrons. The van der Waals surface area contributed by atoms with Gasteiger partial charge >= 0.3 is 5.97 Å². The Hall–Kier alpha value is -1.30. The van der Waals surface area contributed by atoms with E-state index >= 15 is 0 Å². The van der Waals surface area contributed by atoms with Gasteiger partial charge < -0.3 is 5.11 Å². The smallest absolute Gasteiger partial charge is 0.329 e. The number of amides is 1. The maximum Gasteiger partial charge on any atom is 0.329 e. The molecule has 0 aromatic rings. The number of rotatable bonds is 3. The molecule has 1 fully saturated rings. The molecule has 5 nitrogen and oxygen atoms in total. The molecule has 1 amide bonds. The molecule has 1 saturated heterocycles. The lowest BCUT2D eigenvalue weighted by atomic mass is 10.4. The molecule has 0 aromatic heterocycles. The van der Waals surface area contributed by atoms with E-state index in [2.05, 4.69) is 4.99 Å². The first-order chi connectivity index (χ1) is 7.10. The van der Waals surface area contributed by atoms with Crippen LogP contribution in [0.15, 0.2) is 16.0 Å². The van der Waals surface area contributed by atoms with Crippen molar-refractivity contribution in [2.75, 3.05) is 13.1 Å². The quantitative estimate of drug-likeness (QED) is 0.729. The molecule has 15 heavy (non-hydrogen) atoms. The first-order valence-corrected chi connectivity index (χ1v) is 5.40. The molecule has 0 atom stereocenters. The van der Waals surface area contributed by atoms with Crippen molar-refractivity contribution in [2.24, 2.45) is 4.99 Å². The van der Waals surface area contributed by atoms with E-state index in [0.717, 1.165) is 17.8 Å². The number of aliphatic imine (C=N–C) groups is 1. The average Bonchev–Trinajstić information content (AvgIpc) is 2.43. The van der Waals surface area contributed by atoms with Crippen LogP contribution in [-0.4, -0.2) is 40.1 Å². The molecular formula is C9H12N2O3S. The summed E-state index contributed by atoms with van der Waals surface area (Å²) in [6.07, 6.45) is 0.924. The van der Waals surface area contributed by atoms with Gasteiger partial charge in [0, 0.05) is 19.2 Å². The van der Waals surface area contributed by atoms with Crippen molar-refractivity contribution in [1.29, 1.82) is 0 Å². The highest BCUT2D eigenvalue weighted by molar-refractivity contribution is 8.18. The number of amidine groups is 1. The number of hydrogen-bond acceptors (Lipinski definition) is 4. The van der Waals surface area contributed by atoms with Crippen LogP contribution in [0.3, 0.4) is 0 Å². The summed E-state index contributed by atoms with van der Waals surface area (Å²) < 4.78 is 0. The summed E-state index contributed by atoms with van der Waals surface area (Å²) >= 11 is 1.11. The summed E-state index contributed by atoms with van der Waals surface area (Å²) in [5.74, 6) is -1.39. The van der Waals surface area contributed by atoms with Crippen molar-refractivity contribution in [1.82, 2.24) is 4.90 Å². The van der Waals surface area contributed by atoms with Gasteiger partial charge in [-0.15, -0.1) is 0 Å². The van der Waals surface area contributed by atoms with Crippen LogP contribution in [0, 0.1) is 0 Å². The monoisotopic (exact) mass is 228 g/mol. The third-order valence-electron chi connectivity index (χ3n) is 1.75. The number of thioether (sulfide) groups is 1. The highest BCUT2D eigenvalue weighted by Crippen LogP contribution is 2.30. The number of likely N-dealkylation sites (N-methyl/N-ethyl adjacent to an activating group) is 1. The number of carbonyl (C=O) groups is 2. The molecule has 1 heterocycles. The van der Waals surface area contributed by atoms with Gasteiger partial charge in [0.05, 0.1) is 4.91 Å². The Labute approximate surface area is 91.9 Å². The minimum absolute atomic E-state index is 0.219. The predicted molar refractivity (Wildman–Crippen MR) is 58.7 cm³/mol. The fourth-order valence-electron chi connectivity index (χ4n) is 1.15. The number of hydrogen-bond donors (Lipinski definition) is 1. The normalized spacial score (nSPS) is 21.7.